The third kappa shape index (κ3) is 2.81. The maximum absolute atomic E-state index is 6.13. The van der Waals surface area contributed by atoms with Gasteiger partial charge in [0.05, 0.1) is 17.2 Å². The summed E-state index contributed by atoms with van der Waals surface area (Å²) in [6.07, 6.45) is 3.51. The zero-order chi connectivity index (χ0) is 14.9. The van der Waals surface area contributed by atoms with Crippen molar-refractivity contribution in [2.45, 2.75) is 44.8 Å². The van der Waals surface area contributed by atoms with Gasteiger partial charge in [0.1, 0.15) is 0 Å². The predicted octanol–water partition coefficient (Wildman–Crippen LogP) is 3.76. The van der Waals surface area contributed by atoms with Crippen LogP contribution in [0.25, 0.3) is 10.9 Å². The molecule has 2 unspecified atom stereocenters. The van der Waals surface area contributed by atoms with E-state index in [0.29, 0.717) is 0 Å². The highest BCUT2D eigenvalue weighted by Gasteiger charge is 2.36. The number of ether oxygens (including phenoxy) is 1. The van der Waals surface area contributed by atoms with Gasteiger partial charge in [-0.15, -0.1) is 0 Å². The van der Waals surface area contributed by atoms with Gasteiger partial charge in [0.25, 0.3) is 0 Å². The first-order valence-corrected chi connectivity index (χ1v) is 7.81. The molecule has 1 aliphatic rings. The van der Waals surface area contributed by atoms with Gasteiger partial charge in [-0.25, -0.2) is 0 Å². The Hall–Kier alpha value is -1.45. The number of hydrogen-bond acceptors (Lipinski definition) is 3. The molecule has 2 atom stereocenters. The quantitative estimate of drug-likeness (QED) is 0.931. The lowest BCUT2D eigenvalue weighted by molar-refractivity contribution is -0.0884. The van der Waals surface area contributed by atoms with E-state index in [-0.39, 0.29) is 11.6 Å². The Bertz CT molecular complexity index is 632. The van der Waals surface area contributed by atoms with Crippen molar-refractivity contribution in [1.82, 2.24) is 10.3 Å². The molecule has 0 spiro atoms. The monoisotopic (exact) mass is 284 g/mol. The van der Waals surface area contributed by atoms with Gasteiger partial charge in [-0.2, -0.15) is 0 Å². The van der Waals surface area contributed by atoms with Gasteiger partial charge in [-0.05, 0) is 63.9 Å². The Kier molecular flexibility index (Phi) is 3.96. The average molecular weight is 284 g/mol. The predicted molar refractivity (Wildman–Crippen MR) is 86.5 cm³/mol. The third-order valence-electron chi connectivity index (χ3n) is 4.58. The lowest BCUT2D eigenvalue weighted by atomic mass is 9.84. The van der Waals surface area contributed by atoms with E-state index in [9.17, 15) is 0 Å². The molecule has 3 rings (SSSR count). The van der Waals surface area contributed by atoms with Crippen LogP contribution in [0.3, 0.4) is 0 Å². The molecule has 3 heteroatoms. The Labute approximate surface area is 126 Å². The van der Waals surface area contributed by atoms with E-state index in [1.54, 1.807) is 0 Å². The van der Waals surface area contributed by atoms with E-state index < -0.39 is 0 Å². The van der Waals surface area contributed by atoms with Gasteiger partial charge in [0.2, 0.25) is 0 Å². The van der Waals surface area contributed by atoms with Crippen LogP contribution < -0.4 is 5.32 Å². The van der Waals surface area contributed by atoms with Crippen LogP contribution in [0.4, 0.5) is 0 Å². The molecule has 1 aromatic heterocycles. The molecular weight excluding hydrogens is 260 g/mol. The van der Waals surface area contributed by atoms with Crippen molar-refractivity contribution in [1.29, 1.82) is 0 Å². The molecule has 1 fully saturated rings. The number of rotatable bonds is 3. The minimum Gasteiger partial charge on any atom is -0.373 e. The molecule has 1 aromatic carbocycles. The Morgan fingerprint density at radius 1 is 1.24 bits per heavy atom. The summed E-state index contributed by atoms with van der Waals surface area (Å²) in [6, 6.07) is 11.0. The van der Waals surface area contributed by atoms with Crippen LogP contribution in [0.15, 0.2) is 30.3 Å². The lowest BCUT2D eigenvalue weighted by Crippen LogP contribution is -2.44. The van der Waals surface area contributed by atoms with Crippen LogP contribution in [-0.4, -0.2) is 24.2 Å². The lowest BCUT2D eigenvalue weighted by Gasteiger charge is -2.40. The molecule has 3 nitrogen and oxygen atoms in total. The van der Waals surface area contributed by atoms with E-state index in [2.05, 4.69) is 47.6 Å². The van der Waals surface area contributed by atoms with E-state index >= 15 is 0 Å². The number of pyridine rings is 1. The van der Waals surface area contributed by atoms with Gasteiger partial charge in [-0.1, -0.05) is 12.1 Å². The summed E-state index contributed by atoms with van der Waals surface area (Å²) in [6.45, 7) is 5.12. The molecule has 21 heavy (non-hydrogen) atoms. The van der Waals surface area contributed by atoms with E-state index in [4.69, 9.17) is 4.74 Å². The molecule has 0 bridgehead atoms. The van der Waals surface area contributed by atoms with E-state index in [1.165, 1.54) is 23.8 Å². The number of nitrogens with zero attached hydrogens (tertiary/aromatic N) is 1. The maximum Gasteiger partial charge on any atom is 0.0848 e. The summed E-state index contributed by atoms with van der Waals surface area (Å²) in [4.78, 5) is 4.58. The second-order valence-corrected chi connectivity index (χ2v) is 6.24. The van der Waals surface area contributed by atoms with Gasteiger partial charge >= 0.3 is 0 Å². The van der Waals surface area contributed by atoms with Crippen molar-refractivity contribution in [3.63, 3.8) is 0 Å². The SMILES string of the molecule is CNC(c1ccc2nc(C)ccc2c1)C1(C)CCCCO1. The smallest absolute Gasteiger partial charge is 0.0848 e. The second-order valence-electron chi connectivity index (χ2n) is 6.24. The standard InChI is InChI=1S/C18H24N2O/c1-13-6-7-14-12-15(8-9-16(14)20-13)17(19-3)18(2)10-4-5-11-21-18/h6-9,12,17,19H,4-5,10-11H2,1-3H3. The molecule has 112 valence electrons. The molecule has 2 aromatic rings. The number of aryl methyl sites for hydroxylation is 1. The van der Waals surface area contributed by atoms with Crippen LogP contribution in [0, 0.1) is 6.92 Å². The van der Waals surface area contributed by atoms with Gasteiger partial charge < -0.3 is 10.1 Å². The number of benzene rings is 1. The van der Waals surface area contributed by atoms with Crippen molar-refractivity contribution in [3.05, 3.63) is 41.6 Å². The number of nitrogens with one attached hydrogen (secondary N) is 1. The van der Waals surface area contributed by atoms with Crippen LogP contribution >= 0.6 is 0 Å². The van der Waals surface area contributed by atoms with Crippen LogP contribution in [0.5, 0.6) is 0 Å². The van der Waals surface area contributed by atoms with E-state index in [1.807, 2.05) is 14.0 Å². The van der Waals surface area contributed by atoms with Gasteiger partial charge in [0.15, 0.2) is 0 Å². The van der Waals surface area contributed by atoms with E-state index in [0.717, 1.165) is 24.2 Å². The average Bonchev–Trinajstić information content (AvgIpc) is 2.48. The molecule has 1 saturated heterocycles. The van der Waals surface area contributed by atoms with Crippen LogP contribution in [0.1, 0.15) is 43.5 Å². The molecule has 0 amide bonds. The first-order valence-electron chi connectivity index (χ1n) is 7.81. The minimum atomic E-state index is -0.126. The number of aromatic nitrogens is 1. The summed E-state index contributed by atoms with van der Waals surface area (Å²) in [5.74, 6) is 0. The Balaban J connectivity index is 1.98. The first-order chi connectivity index (χ1) is 10.1. The molecule has 2 heterocycles. The normalized spacial score (nSPS) is 24.1. The van der Waals surface area contributed by atoms with Crippen molar-refractivity contribution >= 4 is 10.9 Å². The fourth-order valence-electron chi connectivity index (χ4n) is 3.43. The molecule has 0 aliphatic carbocycles. The van der Waals surface area contributed by atoms with Gasteiger partial charge in [0, 0.05) is 17.7 Å². The zero-order valence-electron chi connectivity index (χ0n) is 13.1. The van der Waals surface area contributed by atoms with Crippen molar-refractivity contribution in [2.24, 2.45) is 0 Å². The fraction of sp³-hybridized carbons (Fsp3) is 0.500. The number of hydrogen-bond donors (Lipinski definition) is 1. The summed E-state index contributed by atoms with van der Waals surface area (Å²) in [7, 11) is 2.02. The van der Waals surface area contributed by atoms with Crippen molar-refractivity contribution < 1.29 is 4.74 Å². The van der Waals surface area contributed by atoms with Crippen molar-refractivity contribution in [2.75, 3.05) is 13.7 Å². The highest BCUT2D eigenvalue weighted by Crippen LogP contribution is 2.37. The molecular formula is C18H24N2O. The number of likely N-dealkylation sites (N-methyl/N-ethyl adjacent to an activating group) is 1. The zero-order valence-corrected chi connectivity index (χ0v) is 13.1. The minimum absolute atomic E-state index is 0.126. The largest absolute Gasteiger partial charge is 0.373 e. The highest BCUT2D eigenvalue weighted by atomic mass is 16.5. The second kappa shape index (κ2) is 5.74. The van der Waals surface area contributed by atoms with Crippen LogP contribution in [-0.2, 0) is 4.74 Å². The summed E-state index contributed by atoms with van der Waals surface area (Å²) >= 11 is 0. The number of fused-ring (bicyclic) bond motifs is 1. The molecule has 1 N–H and O–H groups in total. The summed E-state index contributed by atoms with van der Waals surface area (Å²) in [5, 5.41) is 4.65. The Morgan fingerprint density at radius 2 is 2.10 bits per heavy atom. The first kappa shape index (κ1) is 14.5. The fourth-order valence-corrected chi connectivity index (χ4v) is 3.43. The topological polar surface area (TPSA) is 34.2 Å². The highest BCUT2D eigenvalue weighted by molar-refractivity contribution is 5.79. The molecule has 0 saturated carbocycles. The Morgan fingerprint density at radius 3 is 2.81 bits per heavy atom. The summed E-state index contributed by atoms with van der Waals surface area (Å²) < 4.78 is 6.13. The van der Waals surface area contributed by atoms with Crippen LogP contribution in [0.2, 0.25) is 0 Å². The maximum atomic E-state index is 6.13. The summed E-state index contributed by atoms with van der Waals surface area (Å²) in [5.41, 5.74) is 3.27. The van der Waals surface area contributed by atoms with Gasteiger partial charge in [-0.3, -0.25) is 4.98 Å². The third-order valence-corrected chi connectivity index (χ3v) is 4.58. The molecule has 0 radical (unpaired) electrons. The molecule has 1 aliphatic heterocycles. The van der Waals surface area contributed by atoms with Crippen molar-refractivity contribution in [3.8, 4) is 0 Å².